The molecular formula is C32H31F2OP. The average Bonchev–Trinajstić information content (AvgIpc) is 2.94. The van der Waals surface area contributed by atoms with Gasteiger partial charge < -0.3 is 0 Å². The number of aryl methyl sites for hydroxylation is 1. The number of benzene rings is 4. The Balaban J connectivity index is 0.000000174. The molecule has 1 aliphatic rings. The topological polar surface area (TPSA) is 17.1 Å². The van der Waals surface area contributed by atoms with Gasteiger partial charge in [-0.05, 0) is 59.6 Å². The first kappa shape index (κ1) is 25.8. The maximum Gasteiger partial charge on any atom is 0.162 e. The molecule has 4 aromatic carbocycles. The highest BCUT2D eigenvalue weighted by Crippen LogP contribution is 2.41. The van der Waals surface area contributed by atoms with E-state index in [9.17, 15) is 13.6 Å². The molecule has 0 atom stereocenters. The molecule has 0 amide bonds. The molecule has 4 heteroatoms. The summed E-state index contributed by atoms with van der Waals surface area (Å²) < 4.78 is 27.1. The van der Waals surface area contributed by atoms with E-state index in [1.807, 2.05) is 0 Å². The van der Waals surface area contributed by atoms with E-state index in [1.165, 1.54) is 15.9 Å². The number of Topliss-reactive ketones (excluding diaryl/α,β-unsaturated/α-hetero) is 1. The van der Waals surface area contributed by atoms with Crippen molar-refractivity contribution in [3.63, 3.8) is 0 Å². The molecule has 0 N–H and O–H groups in total. The van der Waals surface area contributed by atoms with Crippen LogP contribution in [0.2, 0.25) is 0 Å². The molecule has 0 aliphatic heterocycles. The summed E-state index contributed by atoms with van der Waals surface area (Å²) in [6.45, 7) is -0.228. The van der Waals surface area contributed by atoms with Gasteiger partial charge in [0.2, 0.25) is 0 Å². The van der Waals surface area contributed by atoms with E-state index in [1.54, 1.807) is 19.1 Å². The minimum absolute atomic E-state index is 0.00667. The lowest BCUT2D eigenvalue weighted by Gasteiger charge is -2.26. The summed E-state index contributed by atoms with van der Waals surface area (Å²) in [7, 11) is 0. The van der Waals surface area contributed by atoms with Crippen LogP contribution in [0.4, 0.5) is 8.78 Å². The first-order chi connectivity index (χ1) is 17.4. The molecule has 0 unspecified atom stereocenters. The fourth-order valence-corrected chi connectivity index (χ4v) is 7.66. The molecule has 5 rings (SSSR count). The van der Waals surface area contributed by atoms with Crippen molar-refractivity contribution in [3.05, 3.63) is 126 Å². The molecule has 0 saturated heterocycles. The van der Waals surface area contributed by atoms with Gasteiger partial charge in [-0.3, -0.25) is 4.79 Å². The molecule has 1 nitrogen and oxygen atoms in total. The number of ketones is 1. The molecule has 4 aromatic rings. The predicted octanol–water partition coefficient (Wildman–Crippen LogP) is 6.91. The molecule has 1 aliphatic carbocycles. The fourth-order valence-electron chi connectivity index (χ4n) is 4.72. The average molecular weight is 501 g/mol. The predicted molar refractivity (Wildman–Crippen MR) is 150 cm³/mol. The van der Waals surface area contributed by atoms with Crippen LogP contribution in [0.15, 0.2) is 103 Å². The van der Waals surface area contributed by atoms with E-state index in [-0.39, 0.29) is 11.7 Å². The van der Waals surface area contributed by atoms with Crippen molar-refractivity contribution in [3.8, 4) is 0 Å². The third kappa shape index (κ3) is 5.58. The molecule has 0 heterocycles. The quantitative estimate of drug-likeness (QED) is 0.278. The lowest BCUT2D eigenvalue weighted by molar-refractivity contribution is -0.120. The second kappa shape index (κ2) is 11.6. The van der Waals surface area contributed by atoms with Crippen molar-refractivity contribution in [2.24, 2.45) is 0 Å². The van der Waals surface area contributed by atoms with Crippen molar-refractivity contribution in [1.82, 2.24) is 0 Å². The zero-order valence-electron chi connectivity index (χ0n) is 20.5. The second-order valence-corrected chi connectivity index (χ2v) is 12.4. The van der Waals surface area contributed by atoms with Crippen molar-refractivity contribution in [1.29, 1.82) is 0 Å². The maximum atomic E-state index is 13.7. The number of halogens is 2. The van der Waals surface area contributed by atoms with Crippen LogP contribution in [0, 0.1) is 18.6 Å². The fraction of sp³-hybridized carbons (Fsp3) is 0.188. The standard InChI is InChI=1S/C19H17P.C13H14F2O/c1-20(17-11-5-2-6-12-17,18-13-7-3-8-14-18)19-15-9-4-10-16-19;1-8-2-7-11(13(15)12(8)14)9-3-5-10(16)6-4-9/h2-16H,1H2;2,7,9H,3-6H2,1H3. The van der Waals surface area contributed by atoms with Gasteiger partial charge in [0.25, 0.3) is 0 Å². The lowest BCUT2D eigenvalue weighted by atomic mass is 9.83. The molecule has 0 aromatic heterocycles. The monoisotopic (exact) mass is 500 g/mol. The first-order valence-corrected chi connectivity index (χ1v) is 14.2. The van der Waals surface area contributed by atoms with Gasteiger partial charge in [0.1, 0.15) is 5.78 Å². The zero-order chi connectivity index (χ0) is 25.5. The van der Waals surface area contributed by atoms with Gasteiger partial charge in [-0.1, -0.05) is 109 Å². The summed E-state index contributed by atoms with van der Waals surface area (Å²) >= 11 is 0. The third-order valence-corrected chi connectivity index (χ3v) is 10.4. The van der Waals surface area contributed by atoms with Crippen molar-refractivity contribution >= 4 is 34.9 Å². The number of rotatable bonds is 4. The molecule has 0 radical (unpaired) electrons. The molecular weight excluding hydrogens is 469 g/mol. The van der Waals surface area contributed by atoms with E-state index in [4.69, 9.17) is 6.30 Å². The van der Waals surface area contributed by atoms with Gasteiger partial charge >= 0.3 is 0 Å². The Morgan fingerprint density at radius 3 is 1.50 bits per heavy atom. The SMILES string of the molecule is C=P(c1ccccc1)(c1ccccc1)c1ccccc1.Cc1ccc(C2CCC(=O)CC2)c(F)c1F. The van der Waals surface area contributed by atoms with Gasteiger partial charge in [0.05, 0.1) is 0 Å². The summed E-state index contributed by atoms with van der Waals surface area (Å²) in [5, 5.41) is 3.95. The minimum atomic E-state index is -1.78. The van der Waals surface area contributed by atoms with Crippen LogP contribution in [0.25, 0.3) is 0 Å². The highest BCUT2D eigenvalue weighted by Gasteiger charge is 2.24. The summed E-state index contributed by atoms with van der Waals surface area (Å²) in [6, 6.07) is 35.2. The van der Waals surface area contributed by atoms with Crippen molar-refractivity contribution < 1.29 is 13.6 Å². The van der Waals surface area contributed by atoms with Crippen LogP contribution < -0.4 is 15.9 Å². The van der Waals surface area contributed by atoms with Crippen LogP contribution in [0.1, 0.15) is 42.7 Å². The minimum Gasteiger partial charge on any atom is -0.300 e. The van der Waals surface area contributed by atoms with E-state index < -0.39 is 18.5 Å². The Morgan fingerprint density at radius 2 is 1.08 bits per heavy atom. The Labute approximate surface area is 212 Å². The molecule has 0 bridgehead atoms. The molecule has 36 heavy (non-hydrogen) atoms. The van der Waals surface area contributed by atoms with E-state index in [0.29, 0.717) is 36.8 Å². The van der Waals surface area contributed by atoms with E-state index in [2.05, 4.69) is 91.0 Å². The lowest BCUT2D eigenvalue weighted by Crippen LogP contribution is -2.25. The normalized spacial score (nSPS) is 14.1. The Morgan fingerprint density at radius 1 is 0.667 bits per heavy atom. The summed E-state index contributed by atoms with van der Waals surface area (Å²) in [6.07, 6.45) is 6.94. The third-order valence-electron chi connectivity index (χ3n) is 6.88. The number of carbonyl (C=O) groups is 1. The van der Waals surface area contributed by atoms with E-state index >= 15 is 0 Å². The summed E-state index contributed by atoms with van der Waals surface area (Å²) in [5.74, 6) is -1.27. The second-order valence-electron chi connectivity index (χ2n) is 9.23. The van der Waals surface area contributed by atoms with Crippen LogP contribution in [0.3, 0.4) is 0 Å². The van der Waals surface area contributed by atoms with Crippen LogP contribution in [-0.4, -0.2) is 12.1 Å². The van der Waals surface area contributed by atoms with Crippen molar-refractivity contribution in [2.45, 2.75) is 38.5 Å². The number of hydrogen-bond donors (Lipinski definition) is 0. The number of hydrogen-bond acceptors (Lipinski definition) is 1. The van der Waals surface area contributed by atoms with Crippen LogP contribution >= 0.6 is 6.89 Å². The van der Waals surface area contributed by atoms with Gasteiger partial charge in [0, 0.05) is 12.8 Å². The van der Waals surface area contributed by atoms with Gasteiger partial charge in [0.15, 0.2) is 11.6 Å². The summed E-state index contributed by atoms with van der Waals surface area (Å²) in [5.41, 5.74) is 0.753. The van der Waals surface area contributed by atoms with Gasteiger partial charge in [-0.2, -0.15) is 0 Å². The molecule has 184 valence electrons. The summed E-state index contributed by atoms with van der Waals surface area (Å²) in [4.78, 5) is 11.1. The smallest absolute Gasteiger partial charge is 0.162 e. The Kier molecular flexibility index (Phi) is 8.33. The Bertz CT molecular complexity index is 1240. The van der Waals surface area contributed by atoms with E-state index in [0.717, 1.165) is 0 Å². The molecule has 1 saturated carbocycles. The zero-order valence-corrected chi connectivity index (χ0v) is 21.4. The van der Waals surface area contributed by atoms with Crippen LogP contribution in [-0.2, 0) is 4.79 Å². The highest BCUT2D eigenvalue weighted by atomic mass is 31.2. The number of carbonyl (C=O) groups excluding carboxylic acids is 1. The van der Waals surface area contributed by atoms with Gasteiger partial charge in [-0.15, -0.1) is 0 Å². The Hall–Kier alpha value is -3.29. The van der Waals surface area contributed by atoms with Crippen molar-refractivity contribution in [2.75, 3.05) is 0 Å². The highest BCUT2D eigenvalue weighted by molar-refractivity contribution is 7.93. The largest absolute Gasteiger partial charge is 0.300 e. The first-order valence-electron chi connectivity index (χ1n) is 12.3. The van der Waals surface area contributed by atoms with Crippen LogP contribution in [0.5, 0.6) is 0 Å². The molecule has 1 fully saturated rings. The maximum absolute atomic E-state index is 13.7. The molecule has 0 spiro atoms. The van der Waals surface area contributed by atoms with Gasteiger partial charge in [-0.25, -0.2) is 8.78 Å².